The standard InChI is InChI=1S/C17H29F3N2O2/c1-16(2,3)24-15(23)22-10-8-12(9-11-22)21-14-7-5-4-6-13(14)17(18,19)20/h12-14,21H,4-11H2,1-3H3. The molecule has 0 aromatic heterocycles. The second kappa shape index (κ2) is 7.50. The van der Waals surface area contributed by atoms with Crippen LogP contribution in [0.5, 0.6) is 0 Å². The maximum atomic E-state index is 13.2. The highest BCUT2D eigenvalue weighted by atomic mass is 19.4. The van der Waals surface area contributed by atoms with E-state index >= 15 is 0 Å². The lowest BCUT2D eigenvalue weighted by molar-refractivity contribution is -0.189. The topological polar surface area (TPSA) is 41.6 Å². The van der Waals surface area contributed by atoms with Crippen molar-refractivity contribution in [1.82, 2.24) is 10.2 Å². The largest absolute Gasteiger partial charge is 0.444 e. The van der Waals surface area contributed by atoms with Crippen molar-refractivity contribution in [2.24, 2.45) is 5.92 Å². The van der Waals surface area contributed by atoms with Crippen molar-refractivity contribution >= 4 is 6.09 Å². The van der Waals surface area contributed by atoms with E-state index in [1.807, 2.05) is 20.8 Å². The van der Waals surface area contributed by atoms with Gasteiger partial charge in [0.15, 0.2) is 0 Å². The molecular formula is C17H29F3N2O2. The average Bonchev–Trinajstić information content (AvgIpc) is 2.45. The van der Waals surface area contributed by atoms with Crippen LogP contribution < -0.4 is 5.32 Å². The smallest absolute Gasteiger partial charge is 0.410 e. The van der Waals surface area contributed by atoms with Crippen LogP contribution in [0.3, 0.4) is 0 Å². The van der Waals surface area contributed by atoms with Crippen molar-refractivity contribution in [2.75, 3.05) is 13.1 Å². The highest BCUT2D eigenvalue weighted by Gasteiger charge is 2.46. The van der Waals surface area contributed by atoms with E-state index in [9.17, 15) is 18.0 Å². The summed E-state index contributed by atoms with van der Waals surface area (Å²) in [6.45, 7) is 6.50. The van der Waals surface area contributed by atoms with Gasteiger partial charge in [0.2, 0.25) is 0 Å². The van der Waals surface area contributed by atoms with E-state index in [1.54, 1.807) is 4.90 Å². The van der Waals surface area contributed by atoms with E-state index in [0.29, 0.717) is 38.8 Å². The molecule has 0 radical (unpaired) electrons. The summed E-state index contributed by atoms with van der Waals surface area (Å²) in [6, 6.07) is -0.450. The van der Waals surface area contributed by atoms with Crippen molar-refractivity contribution in [3.63, 3.8) is 0 Å². The van der Waals surface area contributed by atoms with Crippen molar-refractivity contribution in [3.8, 4) is 0 Å². The molecule has 1 saturated carbocycles. The van der Waals surface area contributed by atoms with Crippen molar-refractivity contribution in [1.29, 1.82) is 0 Å². The average molecular weight is 350 g/mol. The molecule has 0 aromatic rings. The maximum Gasteiger partial charge on any atom is 0.410 e. The van der Waals surface area contributed by atoms with Crippen molar-refractivity contribution in [3.05, 3.63) is 0 Å². The first kappa shape index (κ1) is 19.3. The lowest BCUT2D eigenvalue weighted by Gasteiger charge is -2.39. The Morgan fingerprint density at radius 1 is 1.04 bits per heavy atom. The predicted molar refractivity (Wildman–Crippen MR) is 85.8 cm³/mol. The van der Waals surface area contributed by atoms with Crippen molar-refractivity contribution in [2.45, 2.75) is 83.2 Å². The first-order valence-electron chi connectivity index (χ1n) is 8.87. The van der Waals surface area contributed by atoms with Gasteiger partial charge in [-0.05, 0) is 46.5 Å². The molecule has 2 atom stereocenters. The van der Waals surface area contributed by atoms with Crippen LogP contribution in [0.4, 0.5) is 18.0 Å². The van der Waals surface area contributed by atoms with Gasteiger partial charge < -0.3 is 15.0 Å². The zero-order chi connectivity index (χ0) is 18.0. The minimum absolute atomic E-state index is 0.0386. The molecule has 1 N–H and O–H groups in total. The molecule has 2 fully saturated rings. The molecule has 140 valence electrons. The zero-order valence-electron chi connectivity index (χ0n) is 14.8. The molecule has 0 spiro atoms. The van der Waals surface area contributed by atoms with Crippen LogP contribution in [0.25, 0.3) is 0 Å². The summed E-state index contributed by atoms with van der Waals surface area (Å²) < 4.78 is 44.8. The fourth-order valence-corrected chi connectivity index (χ4v) is 3.58. The van der Waals surface area contributed by atoms with E-state index < -0.39 is 23.7 Å². The van der Waals surface area contributed by atoms with Gasteiger partial charge in [0, 0.05) is 25.2 Å². The van der Waals surface area contributed by atoms with Gasteiger partial charge in [0.25, 0.3) is 0 Å². The summed E-state index contributed by atoms with van der Waals surface area (Å²) in [5, 5.41) is 3.22. The van der Waals surface area contributed by atoms with Gasteiger partial charge in [0.1, 0.15) is 5.60 Å². The van der Waals surface area contributed by atoms with Gasteiger partial charge in [-0.15, -0.1) is 0 Å². The molecule has 2 rings (SSSR count). The first-order chi connectivity index (χ1) is 11.1. The van der Waals surface area contributed by atoms with E-state index in [2.05, 4.69) is 5.32 Å². The van der Waals surface area contributed by atoms with Gasteiger partial charge in [-0.25, -0.2) is 4.79 Å². The highest BCUT2D eigenvalue weighted by Crippen LogP contribution is 2.38. The Balaban J connectivity index is 1.83. The molecule has 4 nitrogen and oxygen atoms in total. The van der Waals surface area contributed by atoms with E-state index in [-0.39, 0.29) is 18.6 Å². The normalized spacial score (nSPS) is 27.2. The molecule has 1 saturated heterocycles. The summed E-state index contributed by atoms with van der Waals surface area (Å²) in [5.74, 6) is -1.24. The Morgan fingerprint density at radius 2 is 1.62 bits per heavy atom. The molecule has 2 aliphatic rings. The summed E-state index contributed by atoms with van der Waals surface area (Å²) in [7, 11) is 0. The Hall–Kier alpha value is -0.980. The maximum absolute atomic E-state index is 13.2. The van der Waals surface area contributed by atoms with Crippen LogP contribution in [0, 0.1) is 5.92 Å². The lowest BCUT2D eigenvalue weighted by Crippen LogP contribution is -2.53. The Bertz CT molecular complexity index is 427. The van der Waals surface area contributed by atoms with Gasteiger partial charge in [-0.1, -0.05) is 12.8 Å². The molecule has 2 unspecified atom stereocenters. The SMILES string of the molecule is CC(C)(C)OC(=O)N1CCC(NC2CCCCC2C(F)(F)F)CC1. The molecule has 1 heterocycles. The van der Waals surface area contributed by atoms with Gasteiger partial charge in [-0.2, -0.15) is 13.2 Å². The number of hydrogen-bond acceptors (Lipinski definition) is 3. The van der Waals surface area contributed by atoms with Crippen LogP contribution in [0.2, 0.25) is 0 Å². The number of nitrogens with one attached hydrogen (secondary N) is 1. The first-order valence-corrected chi connectivity index (χ1v) is 8.87. The molecule has 24 heavy (non-hydrogen) atoms. The van der Waals surface area contributed by atoms with Crippen molar-refractivity contribution < 1.29 is 22.7 Å². The van der Waals surface area contributed by atoms with Crippen LogP contribution in [0.15, 0.2) is 0 Å². The monoisotopic (exact) mass is 350 g/mol. The molecule has 1 amide bonds. The Morgan fingerprint density at radius 3 is 2.17 bits per heavy atom. The lowest BCUT2D eigenvalue weighted by atomic mass is 9.83. The summed E-state index contributed by atoms with van der Waals surface area (Å²) in [6.07, 6.45) is -0.836. The third kappa shape index (κ3) is 5.53. The number of likely N-dealkylation sites (tertiary alicyclic amines) is 1. The van der Waals surface area contributed by atoms with Gasteiger partial charge >= 0.3 is 12.3 Å². The van der Waals surface area contributed by atoms with E-state index in [4.69, 9.17) is 4.74 Å². The van der Waals surface area contributed by atoms with Crippen LogP contribution in [0.1, 0.15) is 59.3 Å². The number of hydrogen-bond donors (Lipinski definition) is 1. The number of ether oxygens (including phenoxy) is 1. The van der Waals surface area contributed by atoms with Crippen LogP contribution in [-0.4, -0.2) is 47.9 Å². The molecular weight excluding hydrogens is 321 g/mol. The van der Waals surface area contributed by atoms with Crippen LogP contribution in [-0.2, 0) is 4.74 Å². The van der Waals surface area contributed by atoms with Crippen LogP contribution >= 0.6 is 0 Å². The number of halogens is 3. The number of rotatable bonds is 2. The highest BCUT2D eigenvalue weighted by molar-refractivity contribution is 5.68. The van der Waals surface area contributed by atoms with E-state index in [0.717, 1.165) is 6.42 Å². The summed E-state index contributed by atoms with van der Waals surface area (Å²) >= 11 is 0. The number of piperidine rings is 1. The fourth-order valence-electron chi connectivity index (χ4n) is 3.58. The number of carbonyl (C=O) groups excluding carboxylic acids is 1. The predicted octanol–water partition coefficient (Wildman–Crippen LogP) is 4.10. The van der Waals surface area contributed by atoms with E-state index in [1.165, 1.54) is 0 Å². The minimum Gasteiger partial charge on any atom is -0.444 e. The summed E-state index contributed by atoms with van der Waals surface area (Å²) in [5.41, 5.74) is -0.534. The number of nitrogens with zero attached hydrogens (tertiary/aromatic N) is 1. The fraction of sp³-hybridized carbons (Fsp3) is 0.941. The quantitative estimate of drug-likeness (QED) is 0.815. The number of alkyl halides is 3. The molecule has 0 bridgehead atoms. The number of amides is 1. The molecule has 1 aliphatic carbocycles. The molecule has 7 heteroatoms. The molecule has 0 aromatic carbocycles. The Labute approximate surface area is 142 Å². The third-order valence-corrected chi connectivity index (χ3v) is 4.78. The van der Waals surface area contributed by atoms with Gasteiger partial charge in [0.05, 0.1) is 5.92 Å². The third-order valence-electron chi connectivity index (χ3n) is 4.78. The Kier molecular flexibility index (Phi) is 6.04. The second-order valence-corrected chi connectivity index (χ2v) is 7.95. The summed E-state index contributed by atoms with van der Waals surface area (Å²) in [4.78, 5) is 13.7. The minimum atomic E-state index is -4.13. The number of carbonyl (C=O) groups is 1. The van der Waals surface area contributed by atoms with Gasteiger partial charge in [-0.3, -0.25) is 0 Å². The zero-order valence-corrected chi connectivity index (χ0v) is 14.8. The molecule has 1 aliphatic heterocycles. The second-order valence-electron chi connectivity index (χ2n) is 7.95.